The molecule has 23 heavy (non-hydrogen) atoms. The van der Waals surface area contributed by atoms with Crippen LogP contribution in [-0.2, 0) is 0 Å². The predicted molar refractivity (Wildman–Crippen MR) is 91.7 cm³/mol. The molecule has 5 heteroatoms. The molecule has 1 aromatic heterocycles. The van der Waals surface area contributed by atoms with Gasteiger partial charge in [0.25, 0.3) is 5.91 Å². The van der Waals surface area contributed by atoms with Crippen LogP contribution in [0.2, 0.25) is 0 Å². The van der Waals surface area contributed by atoms with Gasteiger partial charge in [-0.05, 0) is 44.4 Å². The zero-order chi connectivity index (χ0) is 16.4. The first-order valence-corrected chi connectivity index (χ1v) is 8.93. The van der Waals surface area contributed by atoms with Crippen LogP contribution >= 0.6 is 0 Å². The zero-order valence-corrected chi connectivity index (χ0v) is 14.6. The quantitative estimate of drug-likeness (QED) is 0.842. The van der Waals surface area contributed by atoms with E-state index in [9.17, 15) is 4.79 Å². The fourth-order valence-corrected chi connectivity index (χ4v) is 3.43. The van der Waals surface area contributed by atoms with Gasteiger partial charge in [-0.25, -0.2) is 9.97 Å². The standard InChI is InChI=1S/C18H28N4O/c1-13-4-8-21(9-5-13)17-12-16(19-15(3)20-17)18(23)22-10-6-14(2)7-11-22/h12-14H,4-11H2,1-3H3. The molecule has 2 aliphatic rings. The van der Waals surface area contributed by atoms with Gasteiger partial charge < -0.3 is 9.80 Å². The summed E-state index contributed by atoms with van der Waals surface area (Å²) >= 11 is 0. The van der Waals surface area contributed by atoms with Crippen molar-refractivity contribution >= 4 is 11.7 Å². The molecule has 2 fully saturated rings. The van der Waals surface area contributed by atoms with Crippen molar-refractivity contribution in [2.45, 2.75) is 46.5 Å². The van der Waals surface area contributed by atoms with E-state index >= 15 is 0 Å². The zero-order valence-electron chi connectivity index (χ0n) is 14.6. The van der Waals surface area contributed by atoms with Gasteiger partial charge >= 0.3 is 0 Å². The van der Waals surface area contributed by atoms with Crippen LogP contribution in [0.5, 0.6) is 0 Å². The van der Waals surface area contributed by atoms with Gasteiger partial charge in [0.05, 0.1) is 0 Å². The smallest absolute Gasteiger partial charge is 0.272 e. The molecule has 5 nitrogen and oxygen atoms in total. The maximum absolute atomic E-state index is 12.8. The van der Waals surface area contributed by atoms with Crippen LogP contribution in [0.25, 0.3) is 0 Å². The number of aryl methyl sites for hydroxylation is 1. The average molecular weight is 316 g/mol. The molecule has 0 N–H and O–H groups in total. The molecule has 1 aromatic rings. The molecule has 3 heterocycles. The second-order valence-electron chi connectivity index (χ2n) is 7.30. The number of carbonyl (C=O) groups is 1. The van der Waals surface area contributed by atoms with Gasteiger partial charge in [0.2, 0.25) is 0 Å². The third-order valence-corrected chi connectivity index (χ3v) is 5.22. The first kappa shape index (κ1) is 16.2. The van der Waals surface area contributed by atoms with Crippen LogP contribution < -0.4 is 4.90 Å². The lowest BCUT2D eigenvalue weighted by Gasteiger charge is -2.32. The second-order valence-corrected chi connectivity index (χ2v) is 7.30. The van der Waals surface area contributed by atoms with Gasteiger partial charge in [-0.2, -0.15) is 0 Å². The number of aromatic nitrogens is 2. The largest absolute Gasteiger partial charge is 0.356 e. The van der Waals surface area contributed by atoms with Crippen LogP contribution in [0.1, 0.15) is 55.8 Å². The van der Waals surface area contributed by atoms with Crippen LogP contribution in [0.4, 0.5) is 5.82 Å². The van der Waals surface area contributed by atoms with Crippen LogP contribution in [0, 0.1) is 18.8 Å². The monoisotopic (exact) mass is 316 g/mol. The normalized spacial score (nSPS) is 20.8. The van der Waals surface area contributed by atoms with Gasteiger partial charge in [-0.3, -0.25) is 4.79 Å². The van der Waals surface area contributed by atoms with E-state index in [2.05, 4.69) is 28.7 Å². The molecule has 0 saturated carbocycles. The molecule has 0 aromatic carbocycles. The Balaban J connectivity index is 1.76. The van der Waals surface area contributed by atoms with E-state index < -0.39 is 0 Å². The van der Waals surface area contributed by atoms with Gasteiger partial charge in [0, 0.05) is 32.2 Å². The van der Waals surface area contributed by atoms with E-state index in [4.69, 9.17) is 0 Å². The molecule has 0 atom stereocenters. The second kappa shape index (κ2) is 6.85. The van der Waals surface area contributed by atoms with E-state index in [1.807, 2.05) is 17.9 Å². The lowest BCUT2D eigenvalue weighted by Crippen LogP contribution is -2.39. The van der Waals surface area contributed by atoms with Crippen molar-refractivity contribution in [3.8, 4) is 0 Å². The van der Waals surface area contributed by atoms with Gasteiger partial charge in [-0.1, -0.05) is 13.8 Å². The minimum Gasteiger partial charge on any atom is -0.356 e. The van der Waals surface area contributed by atoms with Crippen LogP contribution in [-0.4, -0.2) is 47.0 Å². The fourth-order valence-electron chi connectivity index (χ4n) is 3.43. The summed E-state index contributed by atoms with van der Waals surface area (Å²) in [5.74, 6) is 3.17. The van der Waals surface area contributed by atoms with Gasteiger partial charge in [-0.15, -0.1) is 0 Å². The molecular formula is C18H28N4O. The molecule has 0 unspecified atom stereocenters. The van der Waals surface area contributed by atoms with E-state index in [0.717, 1.165) is 56.7 Å². The van der Waals surface area contributed by atoms with Crippen LogP contribution in [0.15, 0.2) is 6.07 Å². The summed E-state index contributed by atoms with van der Waals surface area (Å²) in [6.45, 7) is 10.2. The highest BCUT2D eigenvalue weighted by Gasteiger charge is 2.24. The maximum atomic E-state index is 12.8. The van der Waals surface area contributed by atoms with Crippen molar-refractivity contribution in [1.82, 2.24) is 14.9 Å². The molecular weight excluding hydrogens is 288 g/mol. The molecule has 3 rings (SSSR count). The van der Waals surface area contributed by atoms with Crippen molar-refractivity contribution in [2.24, 2.45) is 11.8 Å². The first-order chi connectivity index (χ1) is 11.0. The average Bonchev–Trinajstić information content (AvgIpc) is 2.55. The molecule has 0 spiro atoms. The number of likely N-dealkylation sites (tertiary alicyclic amines) is 1. The molecule has 126 valence electrons. The number of hydrogen-bond acceptors (Lipinski definition) is 4. The lowest BCUT2D eigenvalue weighted by atomic mass is 9.99. The Labute approximate surface area is 139 Å². The fraction of sp³-hybridized carbons (Fsp3) is 0.722. The summed E-state index contributed by atoms with van der Waals surface area (Å²) in [7, 11) is 0. The third kappa shape index (κ3) is 3.82. The highest BCUT2D eigenvalue weighted by atomic mass is 16.2. The molecule has 2 saturated heterocycles. The maximum Gasteiger partial charge on any atom is 0.272 e. The van der Waals surface area contributed by atoms with Gasteiger partial charge in [0.1, 0.15) is 17.3 Å². The van der Waals surface area contributed by atoms with E-state index in [-0.39, 0.29) is 5.91 Å². The van der Waals surface area contributed by atoms with Crippen molar-refractivity contribution in [1.29, 1.82) is 0 Å². The van der Waals surface area contributed by atoms with E-state index in [1.165, 1.54) is 12.8 Å². The summed E-state index contributed by atoms with van der Waals surface area (Å²) in [6.07, 6.45) is 4.56. The Kier molecular flexibility index (Phi) is 4.83. The summed E-state index contributed by atoms with van der Waals surface area (Å²) in [6, 6.07) is 1.89. The SMILES string of the molecule is Cc1nc(C(=O)N2CCC(C)CC2)cc(N2CCC(C)CC2)n1. The van der Waals surface area contributed by atoms with E-state index in [0.29, 0.717) is 11.5 Å². The highest BCUT2D eigenvalue weighted by Crippen LogP contribution is 2.23. The van der Waals surface area contributed by atoms with Gasteiger partial charge in [0.15, 0.2) is 0 Å². The van der Waals surface area contributed by atoms with Crippen molar-refractivity contribution in [3.63, 3.8) is 0 Å². The third-order valence-electron chi connectivity index (χ3n) is 5.22. The minimum atomic E-state index is 0.0639. The van der Waals surface area contributed by atoms with Crippen molar-refractivity contribution in [3.05, 3.63) is 17.6 Å². The molecule has 0 bridgehead atoms. The Bertz CT molecular complexity index is 558. The molecule has 0 aliphatic carbocycles. The number of anilines is 1. The Hall–Kier alpha value is -1.65. The van der Waals surface area contributed by atoms with E-state index in [1.54, 1.807) is 0 Å². The number of carbonyl (C=O) groups excluding carboxylic acids is 1. The molecule has 0 radical (unpaired) electrons. The number of amides is 1. The Morgan fingerprint density at radius 1 is 1.00 bits per heavy atom. The Morgan fingerprint density at radius 2 is 1.57 bits per heavy atom. The summed E-state index contributed by atoms with van der Waals surface area (Å²) < 4.78 is 0. The first-order valence-electron chi connectivity index (χ1n) is 8.93. The lowest BCUT2D eigenvalue weighted by molar-refractivity contribution is 0.0691. The topological polar surface area (TPSA) is 49.3 Å². The Morgan fingerprint density at radius 3 is 2.17 bits per heavy atom. The summed E-state index contributed by atoms with van der Waals surface area (Å²) in [5.41, 5.74) is 0.556. The summed E-state index contributed by atoms with van der Waals surface area (Å²) in [4.78, 5) is 26.0. The molecule has 2 aliphatic heterocycles. The minimum absolute atomic E-state index is 0.0639. The summed E-state index contributed by atoms with van der Waals surface area (Å²) in [5, 5.41) is 0. The molecule has 1 amide bonds. The number of rotatable bonds is 2. The number of hydrogen-bond donors (Lipinski definition) is 0. The predicted octanol–water partition coefficient (Wildman–Crippen LogP) is 2.89. The highest BCUT2D eigenvalue weighted by molar-refractivity contribution is 5.93. The number of nitrogens with zero attached hydrogens (tertiary/aromatic N) is 4. The van der Waals surface area contributed by atoms with Crippen molar-refractivity contribution < 1.29 is 4.79 Å². The van der Waals surface area contributed by atoms with Crippen LogP contribution in [0.3, 0.4) is 0 Å². The number of piperidine rings is 2. The van der Waals surface area contributed by atoms with Crippen molar-refractivity contribution in [2.75, 3.05) is 31.1 Å².